The summed E-state index contributed by atoms with van der Waals surface area (Å²) < 4.78 is 5.63. The summed E-state index contributed by atoms with van der Waals surface area (Å²) in [6.45, 7) is 7.41. The minimum atomic E-state index is -0.239. The molecule has 0 heterocycles. The molecule has 0 saturated heterocycles. The smallest absolute Gasteiger partial charge is 0.102 e. The lowest BCUT2D eigenvalue weighted by Gasteiger charge is -2.25. The average Bonchev–Trinajstić information content (AvgIpc) is 2.35. The lowest BCUT2D eigenvalue weighted by Crippen LogP contribution is -2.33. The number of nitrogens with one attached hydrogen (secondary N) is 1. The van der Waals surface area contributed by atoms with Crippen molar-refractivity contribution in [2.45, 2.75) is 31.3 Å². The highest BCUT2D eigenvalue weighted by molar-refractivity contribution is 7.98. The predicted octanol–water partition coefficient (Wildman–Crippen LogP) is 3.51. The molecule has 0 aliphatic heterocycles. The highest BCUT2D eigenvalue weighted by Crippen LogP contribution is 2.26. The molecule has 0 aromatic heterocycles. The van der Waals surface area contributed by atoms with Gasteiger partial charge in [-0.25, -0.2) is 0 Å². The van der Waals surface area contributed by atoms with Gasteiger partial charge >= 0.3 is 0 Å². The van der Waals surface area contributed by atoms with Crippen molar-refractivity contribution in [3.05, 3.63) is 23.8 Å². The van der Waals surface area contributed by atoms with Crippen LogP contribution in [0.4, 0.5) is 5.69 Å². The van der Waals surface area contributed by atoms with Gasteiger partial charge in [0.25, 0.3) is 0 Å². The van der Waals surface area contributed by atoms with E-state index in [9.17, 15) is 5.26 Å². The van der Waals surface area contributed by atoms with Crippen molar-refractivity contribution < 1.29 is 4.74 Å². The first-order valence-electron chi connectivity index (χ1n) is 5.99. The van der Waals surface area contributed by atoms with Gasteiger partial charge in [0.2, 0.25) is 0 Å². The third-order valence-electron chi connectivity index (χ3n) is 2.60. The molecular weight excluding hydrogens is 244 g/mol. The molecule has 3 nitrogen and oxygen atoms in total. The Kier molecular flexibility index (Phi) is 5.52. The van der Waals surface area contributed by atoms with E-state index in [0.717, 1.165) is 10.6 Å². The lowest BCUT2D eigenvalue weighted by atomic mass is 10.1. The van der Waals surface area contributed by atoms with Gasteiger partial charge in [-0.2, -0.15) is 5.26 Å². The van der Waals surface area contributed by atoms with Gasteiger partial charge in [-0.1, -0.05) is 6.07 Å². The van der Waals surface area contributed by atoms with Gasteiger partial charge in [-0.15, -0.1) is 11.8 Å². The zero-order valence-electron chi connectivity index (χ0n) is 11.4. The van der Waals surface area contributed by atoms with Crippen LogP contribution in [-0.2, 0) is 4.74 Å². The number of ether oxygens (including phenoxy) is 1. The first-order chi connectivity index (χ1) is 8.54. The van der Waals surface area contributed by atoms with Crippen molar-refractivity contribution in [1.82, 2.24) is 0 Å². The summed E-state index contributed by atoms with van der Waals surface area (Å²) in [6, 6.07) is 8.11. The summed E-state index contributed by atoms with van der Waals surface area (Å²) in [7, 11) is 0. The Bertz CT molecular complexity index is 438. The molecular formula is C14H20N2OS. The summed E-state index contributed by atoms with van der Waals surface area (Å²) in [4.78, 5) is 0.997. The highest BCUT2D eigenvalue weighted by atomic mass is 32.2. The minimum Gasteiger partial charge on any atom is -0.381 e. The summed E-state index contributed by atoms with van der Waals surface area (Å²) in [6.07, 6.45) is 1.98. The van der Waals surface area contributed by atoms with E-state index in [1.807, 2.05) is 45.2 Å². The summed E-state index contributed by atoms with van der Waals surface area (Å²) in [5.41, 5.74) is 1.34. The van der Waals surface area contributed by atoms with Gasteiger partial charge in [0.1, 0.15) is 6.07 Å². The maximum Gasteiger partial charge on any atom is 0.102 e. The fraction of sp³-hybridized carbons (Fsp3) is 0.500. The van der Waals surface area contributed by atoms with Gasteiger partial charge in [0.05, 0.1) is 16.9 Å². The van der Waals surface area contributed by atoms with Crippen molar-refractivity contribution in [1.29, 1.82) is 5.26 Å². The molecule has 1 aromatic rings. The normalized spacial score (nSPS) is 11.1. The third kappa shape index (κ3) is 3.94. The van der Waals surface area contributed by atoms with E-state index in [1.54, 1.807) is 11.8 Å². The number of rotatable bonds is 6. The monoisotopic (exact) mass is 264 g/mol. The quantitative estimate of drug-likeness (QED) is 0.799. The average molecular weight is 264 g/mol. The first-order valence-corrected chi connectivity index (χ1v) is 7.21. The third-order valence-corrected chi connectivity index (χ3v) is 3.38. The van der Waals surface area contributed by atoms with Crippen LogP contribution in [0.2, 0.25) is 0 Å². The summed E-state index contributed by atoms with van der Waals surface area (Å²) in [5.74, 6) is 0. The van der Waals surface area contributed by atoms with Crippen LogP contribution >= 0.6 is 11.8 Å². The zero-order chi connectivity index (χ0) is 13.6. The molecule has 0 unspecified atom stereocenters. The number of nitrogens with zero attached hydrogens (tertiary/aromatic N) is 1. The van der Waals surface area contributed by atoms with Gasteiger partial charge in [0.15, 0.2) is 0 Å². The van der Waals surface area contributed by atoms with E-state index in [2.05, 4.69) is 11.4 Å². The molecule has 0 radical (unpaired) electrons. The first kappa shape index (κ1) is 14.9. The Hall–Kier alpha value is -1.18. The Morgan fingerprint density at radius 1 is 1.44 bits per heavy atom. The van der Waals surface area contributed by atoms with Crippen LogP contribution in [0.1, 0.15) is 26.3 Å². The summed E-state index contributed by atoms with van der Waals surface area (Å²) >= 11 is 1.58. The predicted molar refractivity (Wildman–Crippen MR) is 77.1 cm³/mol. The van der Waals surface area contributed by atoms with Crippen LogP contribution in [0.5, 0.6) is 0 Å². The number of hydrogen-bond donors (Lipinski definition) is 1. The van der Waals surface area contributed by atoms with Gasteiger partial charge in [-0.05, 0) is 39.2 Å². The molecule has 1 N–H and O–H groups in total. The van der Waals surface area contributed by atoms with Gasteiger partial charge < -0.3 is 10.1 Å². The molecule has 0 saturated carbocycles. The maximum absolute atomic E-state index is 9.23. The van der Waals surface area contributed by atoms with E-state index in [1.165, 1.54) is 0 Å². The van der Waals surface area contributed by atoms with E-state index in [0.29, 0.717) is 18.7 Å². The molecule has 0 aliphatic carbocycles. The Morgan fingerprint density at radius 3 is 2.72 bits per heavy atom. The second-order valence-electron chi connectivity index (χ2n) is 4.54. The van der Waals surface area contributed by atoms with Crippen LogP contribution in [0.25, 0.3) is 0 Å². The van der Waals surface area contributed by atoms with Crippen LogP contribution in [-0.4, -0.2) is 25.0 Å². The molecule has 0 fully saturated rings. The molecule has 1 rings (SSSR count). The number of thioether (sulfide) groups is 1. The van der Waals surface area contributed by atoms with Gasteiger partial charge in [-0.3, -0.25) is 0 Å². The molecule has 1 aromatic carbocycles. The topological polar surface area (TPSA) is 45.0 Å². The molecule has 98 valence electrons. The highest BCUT2D eigenvalue weighted by Gasteiger charge is 2.18. The fourth-order valence-electron chi connectivity index (χ4n) is 1.71. The van der Waals surface area contributed by atoms with Crippen molar-refractivity contribution in [3.63, 3.8) is 0 Å². The van der Waals surface area contributed by atoms with Crippen molar-refractivity contribution >= 4 is 17.4 Å². The maximum atomic E-state index is 9.23. The Labute approximate surface area is 114 Å². The van der Waals surface area contributed by atoms with Crippen molar-refractivity contribution in [2.75, 3.05) is 24.7 Å². The number of anilines is 1. The zero-order valence-corrected chi connectivity index (χ0v) is 12.2. The van der Waals surface area contributed by atoms with E-state index >= 15 is 0 Å². The van der Waals surface area contributed by atoms with Crippen LogP contribution in [0.15, 0.2) is 23.1 Å². The Balaban J connectivity index is 2.83. The van der Waals surface area contributed by atoms with E-state index in [-0.39, 0.29) is 5.60 Å². The van der Waals surface area contributed by atoms with Gasteiger partial charge in [0, 0.05) is 18.0 Å². The molecule has 18 heavy (non-hydrogen) atoms. The molecule has 4 heteroatoms. The van der Waals surface area contributed by atoms with Crippen molar-refractivity contribution in [3.8, 4) is 6.07 Å². The fourth-order valence-corrected chi connectivity index (χ4v) is 2.29. The second-order valence-corrected chi connectivity index (χ2v) is 5.39. The van der Waals surface area contributed by atoms with Crippen LogP contribution in [0, 0.1) is 11.3 Å². The molecule has 0 aliphatic rings. The Morgan fingerprint density at radius 2 is 2.17 bits per heavy atom. The lowest BCUT2D eigenvalue weighted by molar-refractivity contribution is 0.000694. The van der Waals surface area contributed by atoms with Crippen LogP contribution in [0.3, 0.4) is 0 Å². The van der Waals surface area contributed by atoms with E-state index in [4.69, 9.17) is 4.74 Å². The standard InChI is InChI=1S/C14H20N2OS/c1-5-17-14(2,3)10-16-12-7-6-8-13(18-4)11(12)9-15/h6-8,16H,5,10H2,1-4H3. The number of nitriles is 1. The summed E-state index contributed by atoms with van der Waals surface area (Å²) in [5, 5.41) is 12.5. The minimum absolute atomic E-state index is 0.239. The molecule has 0 amide bonds. The largest absolute Gasteiger partial charge is 0.381 e. The molecule has 0 atom stereocenters. The molecule has 0 spiro atoms. The number of benzene rings is 1. The second kappa shape index (κ2) is 6.67. The van der Waals surface area contributed by atoms with E-state index < -0.39 is 0 Å². The SMILES string of the molecule is CCOC(C)(C)CNc1cccc(SC)c1C#N. The van der Waals surface area contributed by atoms with Crippen molar-refractivity contribution in [2.24, 2.45) is 0 Å². The van der Waals surface area contributed by atoms with Crippen LogP contribution < -0.4 is 5.32 Å². The number of hydrogen-bond acceptors (Lipinski definition) is 4. The molecule has 0 bridgehead atoms.